The molecule has 0 saturated carbocycles. The van der Waals surface area contributed by atoms with Crippen LogP contribution in [0.5, 0.6) is 5.75 Å². The maximum atomic E-state index is 12.8. The number of epoxide rings is 1. The van der Waals surface area contributed by atoms with Crippen LogP contribution in [0.25, 0.3) is 0 Å². The summed E-state index contributed by atoms with van der Waals surface area (Å²) < 4.78 is 35.2. The van der Waals surface area contributed by atoms with Gasteiger partial charge in [-0.1, -0.05) is 47.6 Å². The van der Waals surface area contributed by atoms with Gasteiger partial charge in [-0.25, -0.2) is 0 Å². The summed E-state index contributed by atoms with van der Waals surface area (Å²) in [6.45, 7) is 0.186. The number of benzene rings is 2. The van der Waals surface area contributed by atoms with Crippen molar-refractivity contribution in [3.63, 3.8) is 0 Å². The van der Waals surface area contributed by atoms with Crippen LogP contribution in [0.1, 0.15) is 17.5 Å². The summed E-state index contributed by atoms with van der Waals surface area (Å²) >= 11 is 0. The van der Waals surface area contributed by atoms with E-state index in [-0.39, 0.29) is 31.2 Å². The van der Waals surface area contributed by atoms with Gasteiger partial charge in [0.05, 0.1) is 5.71 Å². The summed E-state index contributed by atoms with van der Waals surface area (Å²) in [6, 6.07) is 15.7. The van der Waals surface area contributed by atoms with Crippen LogP contribution in [0.3, 0.4) is 0 Å². The van der Waals surface area contributed by atoms with Gasteiger partial charge in [-0.2, -0.15) is 8.78 Å². The molecule has 0 radical (unpaired) electrons. The summed E-state index contributed by atoms with van der Waals surface area (Å²) in [4.78, 5) is 11.8. The van der Waals surface area contributed by atoms with E-state index in [1.54, 1.807) is 36.4 Å². The first-order valence-electron chi connectivity index (χ1n) is 8.28. The van der Waals surface area contributed by atoms with Crippen LogP contribution in [-0.4, -0.2) is 35.6 Å². The lowest BCUT2D eigenvalue weighted by Gasteiger charge is -2.08. The Morgan fingerprint density at radius 3 is 2.44 bits per heavy atom. The second-order valence-electron chi connectivity index (χ2n) is 5.99. The molecule has 1 aliphatic heterocycles. The van der Waals surface area contributed by atoms with E-state index in [0.29, 0.717) is 11.3 Å². The van der Waals surface area contributed by atoms with Crippen molar-refractivity contribution in [3.05, 3.63) is 65.7 Å². The summed E-state index contributed by atoms with van der Waals surface area (Å²) in [5.41, 5.74) is 1.42. The fourth-order valence-corrected chi connectivity index (χ4v) is 2.44. The minimum atomic E-state index is -3.15. The number of alkyl halides is 2. The molecule has 1 atom stereocenters. The fraction of sp³-hybridized carbons (Fsp3) is 0.263. The number of amides is 1. The predicted molar refractivity (Wildman–Crippen MR) is 93.0 cm³/mol. The lowest BCUT2D eigenvalue weighted by Crippen LogP contribution is -2.28. The Hall–Kier alpha value is -3.00. The van der Waals surface area contributed by atoms with Crippen molar-refractivity contribution < 1.29 is 28.3 Å². The SMILES string of the molecule is O=C(COc1ccccc1)NCc1ccc(/C(CC2OC2(F)F)=N/O)cc1. The molecule has 0 aromatic heterocycles. The highest BCUT2D eigenvalue weighted by atomic mass is 19.3. The molecular formula is C19H18F2N2O4. The first-order chi connectivity index (χ1) is 13.0. The van der Waals surface area contributed by atoms with Crippen LogP contribution in [0, 0.1) is 0 Å². The maximum absolute atomic E-state index is 12.8. The van der Waals surface area contributed by atoms with E-state index in [1.807, 2.05) is 18.2 Å². The first-order valence-corrected chi connectivity index (χ1v) is 8.28. The zero-order valence-corrected chi connectivity index (χ0v) is 14.3. The van der Waals surface area contributed by atoms with Gasteiger partial charge < -0.3 is 20.0 Å². The molecule has 3 rings (SSSR count). The zero-order valence-electron chi connectivity index (χ0n) is 14.3. The predicted octanol–water partition coefficient (Wildman–Crippen LogP) is 2.94. The van der Waals surface area contributed by atoms with Gasteiger partial charge >= 0.3 is 6.11 Å². The number of hydrogen-bond donors (Lipinski definition) is 2. The third-order valence-electron chi connectivity index (χ3n) is 4.01. The number of ether oxygens (including phenoxy) is 2. The molecule has 1 fully saturated rings. The van der Waals surface area contributed by atoms with Crippen LogP contribution in [0.4, 0.5) is 8.78 Å². The van der Waals surface area contributed by atoms with E-state index in [0.717, 1.165) is 5.56 Å². The Kier molecular flexibility index (Phi) is 5.66. The largest absolute Gasteiger partial charge is 0.484 e. The molecule has 1 heterocycles. The number of carbonyl (C=O) groups excluding carboxylic acids is 1. The van der Waals surface area contributed by atoms with Gasteiger partial charge in [0.1, 0.15) is 5.75 Å². The van der Waals surface area contributed by atoms with Crippen molar-refractivity contribution in [1.29, 1.82) is 0 Å². The molecule has 2 N–H and O–H groups in total. The molecule has 6 nitrogen and oxygen atoms in total. The van der Waals surface area contributed by atoms with Gasteiger partial charge in [-0.05, 0) is 23.3 Å². The molecule has 0 spiro atoms. The molecular weight excluding hydrogens is 358 g/mol. The molecule has 1 unspecified atom stereocenters. The summed E-state index contributed by atoms with van der Waals surface area (Å²) in [6.07, 6.45) is -4.59. The van der Waals surface area contributed by atoms with Crippen LogP contribution < -0.4 is 10.1 Å². The van der Waals surface area contributed by atoms with E-state index in [1.165, 1.54) is 0 Å². The Labute approximate surface area is 154 Å². The number of halogens is 2. The summed E-state index contributed by atoms with van der Waals surface area (Å²) in [7, 11) is 0. The fourth-order valence-electron chi connectivity index (χ4n) is 2.44. The van der Waals surface area contributed by atoms with Crippen molar-refractivity contribution >= 4 is 11.6 Å². The number of rotatable bonds is 8. The van der Waals surface area contributed by atoms with Crippen LogP contribution in [0.15, 0.2) is 59.8 Å². The Balaban J connectivity index is 1.46. The average Bonchev–Trinajstić information content (AvgIpc) is 3.30. The zero-order chi connectivity index (χ0) is 19.3. The lowest BCUT2D eigenvalue weighted by atomic mass is 10.0. The number of carbonyl (C=O) groups is 1. The van der Waals surface area contributed by atoms with Crippen molar-refractivity contribution in [1.82, 2.24) is 5.32 Å². The highest BCUT2D eigenvalue weighted by Gasteiger charge is 2.59. The summed E-state index contributed by atoms with van der Waals surface area (Å²) in [5, 5.41) is 14.8. The van der Waals surface area contributed by atoms with E-state index < -0.39 is 12.2 Å². The van der Waals surface area contributed by atoms with Crippen molar-refractivity contribution in [2.75, 3.05) is 6.61 Å². The number of nitrogens with one attached hydrogen (secondary N) is 1. The third-order valence-corrected chi connectivity index (χ3v) is 4.01. The normalized spacial score (nSPS) is 18.0. The Morgan fingerprint density at radius 2 is 1.85 bits per heavy atom. The highest BCUT2D eigenvalue weighted by molar-refractivity contribution is 6.00. The maximum Gasteiger partial charge on any atom is 0.383 e. The lowest BCUT2D eigenvalue weighted by molar-refractivity contribution is -0.123. The van der Waals surface area contributed by atoms with Gasteiger partial charge in [0.25, 0.3) is 5.91 Å². The number of oxime groups is 1. The van der Waals surface area contributed by atoms with Crippen LogP contribution in [0.2, 0.25) is 0 Å². The smallest absolute Gasteiger partial charge is 0.383 e. The van der Waals surface area contributed by atoms with Gasteiger partial charge in [-0.15, -0.1) is 0 Å². The van der Waals surface area contributed by atoms with Gasteiger partial charge in [0.2, 0.25) is 0 Å². The van der Waals surface area contributed by atoms with E-state index >= 15 is 0 Å². The van der Waals surface area contributed by atoms with Crippen LogP contribution >= 0.6 is 0 Å². The number of hydrogen-bond acceptors (Lipinski definition) is 5. The van der Waals surface area contributed by atoms with Crippen molar-refractivity contribution in [2.45, 2.75) is 25.2 Å². The van der Waals surface area contributed by atoms with E-state index in [2.05, 4.69) is 15.2 Å². The molecule has 1 saturated heterocycles. The molecule has 1 amide bonds. The first kappa shape index (κ1) is 18.8. The van der Waals surface area contributed by atoms with Crippen LogP contribution in [-0.2, 0) is 16.1 Å². The van der Waals surface area contributed by atoms with Crippen molar-refractivity contribution in [2.24, 2.45) is 5.16 Å². The number of para-hydroxylation sites is 1. The Morgan fingerprint density at radius 1 is 1.19 bits per heavy atom. The second-order valence-corrected chi connectivity index (χ2v) is 5.99. The molecule has 0 bridgehead atoms. The van der Waals surface area contributed by atoms with Gasteiger partial charge in [0.15, 0.2) is 12.7 Å². The van der Waals surface area contributed by atoms with E-state index in [9.17, 15) is 13.6 Å². The minimum absolute atomic E-state index is 0.0982. The topological polar surface area (TPSA) is 83.5 Å². The van der Waals surface area contributed by atoms with E-state index in [4.69, 9.17) is 9.94 Å². The molecule has 2 aromatic rings. The molecule has 2 aromatic carbocycles. The second kappa shape index (κ2) is 8.13. The highest BCUT2D eigenvalue weighted by Crippen LogP contribution is 2.42. The average molecular weight is 376 g/mol. The Bertz CT molecular complexity index is 810. The van der Waals surface area contributed by atoms with Crippen molar-refractivity contribution in [3.8, 4) is 5.75 Å². The molecule has 1 aliphatic rings. The molecule has 0 aliphatic carbocycles. The third kappa shape index (κ3) is 5.24. The monoisotopic (exact) mass is 376 g/mol. The molecule has 142 valence electrons. The molecule has 8 heteroatoms. The minimum Gasteiger partial charge on any atom is -0.484 e. The summed E-state index contributed by atoms with van der Waals surface area (Å²) in [5.74, 6) is 0.340. The molecule has 27 heavy (non-hydrogen) atoms. The van der Waals surface area contributed by atoms with Gasteiger partial charge in [0, 0.05) is 13.0 Å². The quantitative estimate of drug-likeness (QED) is 0.321. The number of nitrogens with zero attached hydrogens (tertiary/aromatic N) is 1. The van der Waals surface area contributed by atoms with Gasteiger partial charge in [-0.3, -0.25) is 4.79 Å². The standard InChI is InChI=1S/C19H18F2N2O4/c20-19(21)17(27-19)10-16(23-25)14-8-6-13(7-9-14)11-22-18(24)12-26-15-4-2-1-3-5-15/h1-9,17,25H,10-12H2,(H,22,24)/b23-16+.